The maximum Gasteiger partial charge on any atom is 0.261 e. The molecule has 2 aromatic heterocycles. The molecule has 1 aliphatic heterocycles. The quantitative estimate of drug-likeness (QED) is 0.798. The van der Waals surface area contributed by atoms with Crippen LogP contribution in [0.2, 0.25) is 0 Å². The molecule has 0 atom stereocenters. The van der Waals surface area contributed by atoms with Crippen LogP contribution >= 0.6 is 0 Å². The summed E-state index contributed by atoms with van der Waals surface area (Å²) in [6, 6.07) is 0. The van der Waals surface area contributed by atoms with Crippen LogP contribution in [0.15, 0.2) is 12.4 Å². The molecule has 27 heavy (non-hydrogen) atoms. The van der Waals surface area contributed by atoms with Crippen molar-refractivity contribution in [1.82, 2.24) is 24.5 Å². The van der Waals surface area contributed by atoms with E-state index in [0.717, 1.165) is 0 Å². The SMILES string of the molecule is Cc1nn(C)c(N)c1C(=O)Nc1cnn(CC(=O)N2CCOC(C)(C)C2)c1. The van der Waals surface area contributed by atoms with Crippen LogP contribution in [-0.2, 0) is 23.1 Å². The number of carbonyl (C=O) groups is 2. The van der Waals surface area contributed by atoms with E-state index in [2.05, 4.69) is 15.5 Å². The molecule has 1 fully saturated rings. The van der Waals surface area contributed by atoms with Gasteiger partial charge < -0.3 is 20.7 Å². The van der Waals surface area contributed by atoms with Crippen LogP contribution in [-0.4, -0.2) is 61.6 Å². The van der Waals surface area contributed by atoms with Gasteiger partial charge in [0.2, 0.25) is 5.91 Å². The molecule has 3 N–H and O–H groups in total. The van der Waals surface area contributed by atoms with Gasteiger partial charge in [-0.1, -0.05) is 0 Å². The van der Waals surface area contributed by atoms with Crippen LogP contribution < -0.4 is 11.1 Å². The van der Waals surface area contributed by atoms with Crippen molar-refractivity contribution in [2.24, 2.45) is 7.05 Å². The first-order valence-corrected chi connectivity index (χ1v) is 8.71. The molecule has 0 spiro atoms. The van der Waals surface area contributed by atoms with Gasteiger partial charge in [0.1, 0.15) is 17.9 Å². The number of hydrogen-bond donors (Lipinski definition) is 2. The molecule has 1 saturated heterocycles. The third-order valence-corrected chi connectivity index (χ3v) is 4.46. The molecule has 2 aromatic rings. The number of morpholine rings is 1. The predicted molar refractivity (Wildman–Crippen MR) is 99.1 cm³/mol. The first-order chi connectivity index (χ1) is 12.7. The maximum atomic E-state index is 12.5. The number of amides is 2. The van der Waals surface area contributed by atoms with Crippen LogP contribution in [0.5, 0.6) is 0 Å². The third kappa shape index (κ3) is 4.11. The van der Waals surface area contributed by atoms with Gasteiger partial charge in [0, 0.05) is 26.3 Å². The van der Waals surface area contributed by atoms with Crippen LogP contribution in [0.25, 0.3) is 0 Å². The Hall–Kier alpha value is -2.88. The summed E-state index contributed by atoms with van der Waals surface area (Å²) >= 11 is 0. The second-order valence-electron chi connectivity index (χ2n) is 7.27. The van der Waals surface area contributed by atoms with Gasteiger partial charge in [-0.25, -0.2) is 0 Å². The molecule has 0 unspecified atom stereocenters. The van der Waals surface area contributed by atoms with Gasteiger partial charge in [-0.3, -0.25) is 19.0 Å². The largest absolute Gasteiger partial charge is 0.383 e. The fourth-order valence-corrected chi connectivity index (χ4v) is 3.13. The number of ether oxygens (including phenoxy) is 1. The van der Waals surface area contributed by atoms with Crippen molar-refractivity contribution < 1.29 is 14.3 Å². The number of nitrogens with zero attached hydrogens (tertiary/aromatic N) is 5. The van der Waals surface area contributed by atoms with E-state index in [1.54, 1.807) is 25.1 Å². The van der Waals surface area contributed by atoms with Gasteiger partial charge in [-0.05, 0) is 20.8 Å². The van der Waals surface area contributed by atoms with Crippen LogP contribution in [0.3, 0.4) is 0 Å². The fraction of sp³-hybridized carbons (Fsp3) is 0.529. The summed E-state index contributed by atoms with van der Waals surface area (Å²) in [6.45, 7) is 7.35. The molecule has 146 valence electrons. The molecule has 10 heteroatoms. The average Bonchev–Trinajstić information content (AvgIpc) is 3.10. The second kappa shape index (κ2) is 7.03. The Balaban J connectivity index is 1.63. The van der Waals surface area contributed by atoms with Gasteiger partial charge in [0.25, 0.3) is 5.91 Å². The lowest BCUT2D eigenvalue weighted by Crippen LogP contribution is -2.51. The molecule has 1 aliphatic rings. The number of rotatable bonds is 4. The minimum absolute atomic E-state index is 0.0419. The smallest absolute Gasteiger partial charge is 0.261 e. The number of aryl methyl sites for hydroxylation is 2. The highest BCUT2D eigenvalue weighted by atomic mass is 16.5. The van der Waals surface area contributed by atoms with Gasteiger partial charge >= 0.3 is 0 Å². The van der Waals surface area contributed by atoms with Crippen molar-refractivity contribution >= 4 is 23.3 Å². The molecule has 10 nitrogen and oxygen atoms in total. The van der Waals surface area contributed by atoms with Crippen LogP contribution in [0.4, 0.5) is 11.5 Å². The molecule has 0 saturated carbocycles. The predicted octanol–water partition coefficient (Wildman–Crippen LogP) is 0.397. The first-order valence-electron chi connectivity index (χ1n) is 8.71. The summed E-state index contributed by atoms with van der Waals surface area (Å²) in [4.78, 5) is 26.7. The number of hydrogen-bond acceptors (Lipinski definition) is 6. The number of carbonyl (C=O) groups excluding carboxylic acids is 2. The zero-order valence-corrected chi connectivity index (χ0v) is 16.0. The lowest BCUT2D eigenvalue weighted by molar-refractivity contribution is -0.146. The fourth-order valence-electron chi connectivity index (χ4n) is 3.13. The number of nitrogen functional groups attached to an aromatic ring is 1. The van der Waals surface area contributed by atoms with Gasteiger partial charge in [-0.2, -0.15) is 10.2 Å². The van der Waals surface area contributed by atoms with E-state index in [9.17, 15) is 9.59 Å². The molecule has 0 bridgehead atoms. The summed E-state index contributed by atoms with van der Waals surface area (Å²) in [6.07, 6.45) is 3.11. The van der Waals surface area contributed by atoms with Gasteiger partial charge in [0.05, 0.1) is 29.8 Å². The van der Waals surface area contributed by atoms with E-state index < -0.39 is 0 Å². The van der Waals surface area contributed by atoms with E-state index in [-0.39, 0.29) is 24.0 Å². The maximum absolute atomic E-state index is 12.5. The van der Waals surface area contributed by atoms with Crippen molar-refractivity contribution in [3.63, 3.8) is 0 Å². The zero-order valence-electron chi connectivity index (χ0n) is 16.0. The summed E-state index contributed by atoms with van der Waals surface area (Å²) < 4.78 is 8.58. The minimum atomic E-state index is -0.362. The average molecular weight is 375 g/mol. The van der Waals surface area contributed by atoms with Crippen molar-refractivity contribution in [2.45, 2.75) is 32.9 Å². The topological polar surface area (TPSA) is 120 Å². The van der Waals surface area contributed by atoms with Crippen molar-refractivity contribution in [1.29, 1.82) is 0 Å². The number of anilines is 2. The van der Waals surface area contributed by atoms with Crippen LogP contribution in [0.1, 0.15) is 29.9 Å². The van der Waals surface area contributed by atoms with E-state index >= 15 is 0 Å². The Bertz CT molecular complexity index is 868. The Labute approximate surface area is 157 Å². The molecular weight excluding hydrogens is 350 g/mol. The highest BCUT2D eigenvalue weighted by Gasteiger charge is 2.30. The van der Waals surface area contributed by atoms with Crippen molar-refractivity contribution in [3.8, 4) is 0 Å². The van der Waals surface area contributed by atoms with Gasteiger partial charge in [0.15, 0.2) is 0 Å². The molecular formula is C17H25N7O3. The monoisotopic (exact) mass is 375 g/mol. The lowest BCUT2D eigenvalue weighted by Gasteiger charge is -2.38. The number of nitrogens with two attached hydrogens (primary N) is 1. The Morgan fingerprint density at radius 2 is 2.15 bits per heavy atom. The van der Waals surface area contributed by atoms with E-state index in [1.807, 2.05) is 13.8 Å². The summed E-state index contributed by atoms with van der Waals surface area (Å²) in [7, 11) is 1.68. The molecule has 0 aliphatic carbocycles. The molecule has 3 heterocycles. The number of aromatic nitrogens is 4. The zero-order chi connectivity index (χ0) is 19.8. The van der Waals surface area contributed by atoms with Crippen molar-refractivity contribution in [2.75, 3.05) is 30.7 Å². The first kappa shape index (κ1) is 18.9. The Kier molecular flexibility index (Phi) is 4.92. The Morgan fingerprint density at radius 1 is 1.41 bits per heavy atom. The van der Waals surface area contributed by atoms with E-state index in [1.165, 1.54) is 15.6 Å². The Morgan fingerprint density at radius 3 is 2.78 bits per heavy atom. The van der Waals surface area contributed by atoms with E-state index in [0.29, 0.717) is 42.5 Å². The normalized spacial score (nSPS) is 16.4. The number of nitrogens with one attached hydrogen (secondary N) is 1. The third-order valence-electron chi connectivity index (χ3n) is 4.46. The lowest BCUT2D eigenvalue weighted by atomic mass is 10.1. The summed E-state index contributed by atoms with van der Waals surface area (Å²) in [5.74, 6) is -0.110. The summed E-state index contributed by atoms with van der Waals surface area (Å²) in [5.41, 5.74) is 6.90. The molecule has 3 rings (SSSR count). The molecule has 0 aromatic carbocycles. The molecule has 0 radical (unpaired) electrons. The second-order valence-corrected chi connectivity index (χ2v) is 7.27. The highest BCUT2D eigenvalue weighted by Crippen LogP contribution is 2.18. The minimum Gasteiger partial charge on any atom is -0.383 e. The standard InChI is InChI=1S/C17H25N7O3/c1-11-14(15(18)22(4)21-11)16(26)20-12-7-19-24(8-12)9-13(25)23-5-6-27-17(2,3)10-23/h7-8H,5-6,9-10,18H2,1-4H3,(H,20,26). The van der Waals surface area contributed by atoms with E-state index in [4.69, 9.17) is 10.5 Å². The van der Waals surface area contributed by atoms with Crippen LogP contribution in [0, 0.1) is 6.92 Å². The van der Waals surface area contributed by atoms with Crippen molar-refractivity contribution in [3.05, 3.63) is 23.7 Å². The molecule has 2 amide bonds. The summed E-state index contributed by atoms with van der Waals surface area (Å²) in [5, 5.41) is 11.0. The highest BCUT2D eigenvalue weighted by molar-refractivity contribution is 6.08. The van der Waals surface area contributed by atoms with Gasteiger partial charge in [-0.15, -0.1) is 0 Å².